The van der Waals surface area contributed by atoms with Crippen molar-refractivity contribution in [3.63, 3.8) is 0 Å². The number of benzene rings is 1. The fraction of sp³-hybridized carbons (Fsp3) is 0.143. The molecule has 0 saturated heterocycles. The van der Waals surface area contributed by atoms with Crippen molar-refractivity contribution in [1.82, 2.24) is 4.98 Å². The Morgan fingerprint density at radius 1 is 1.28 bits per heavy atom. The molecular weight excluding hydrogens is 294 g/mol. The van der Waals surface area contributed by atoms with Crippen LogP contribution in [0.15, 0.2) is 41.0 Å². The second-order valence-electron chi connectivity index (χ2n) is 3.88. The molecule has 0 fully saturated rings. The van der Waals surface area contributed by atoms with Crippen molar-refractivity contribution in [3.8, 4) is 11.1 Å². The van der Waals surface area contributed by atoms with Gasteiger partial charge in [-0.05, 0) is 30.2 Å². The summed E-state index contributed by atoms with van der Waals surface area (Å²) in [7, 11) is 0. The van der Waals surface area contributed by atoms with E-state index in [0.717, 1.165) is 15.6 Å². The highest BCUT2D eigenvalue weighted by Gasteiger charge is 2.11. The van der Waals surface area contributed by atoms with Crippen LogP contribution in [0.25, 0.3) is 11.1 Å². The summed E-state index contributed by atoms with van der Waals surface area (Å²) in [5.74, 6) is -0.932. The van der Waals surface area contributed by atoms with Crippen molar-refractivity contribution >= 4 is 21.9 Å². The van der Waals surface area contributed by atoms with Crippen molar-refractivity contribution in [3.05, 3.63) is 52.3 Å². The minimum atomic E-state index is -0.932. The Balaban J connectivity index is 2.49. The number of carboxylic acids is 1. The molecule has 0 aliphatic heterocycles. The second kappa shape index (κ2) is 5.31. The SMILES string of the molecule is CCc1ncc(-c2ccc(Br)cc2)cc1C(=O)O. The Morgan fingerprint density at radius 2 is 1.94 bits per heavy atom. The van der Waals surface area contributed by atoms with Gasteiger partial charge in [0.25, 0.3) is 0 Å². The zero-order valence-corrected chi connectivity index (χ0v) is 11.4. The second-order valence-corrected chi connectivity index (χ2v) is 4.80. The van der Waals surface area contributed by atoms with E-state index in [1.54, 1.807) is 12.3 Å². The van der Waals surface area contributed by atoms with E-state index in [9.17, 15) is 4.79 Å². The van der Waals surface area contributed by atoms with Crippen LogP contribution in [0.4, 0.5) is 0 Å². The molecule has 0 aliphatic rings. The Labute approximate surface area is 114 Å². The molecule has 0 aliphatic carbocycles. The number of hydrogen-bond donors (Lipinski definition) is 1. The summed E-state index contributed by atoms with van der Waals surface area (Å²) in [5.41, 5.74) is 2.66. The minimum Gasteiger partial charge on any atom is -0.478 e. The van der Waals surface area contributed by atoms with Crippen LogP contribution in [0, 0.1) is 0 Å². The summed E-state index contributed by atoms with van der Waals surface area (Å²) < 4.78 is 0.989. The van der Waals surface area contributed by atoms with Crippen LogP contribution in [0.5, 0.6) is 0 Å². The van der Waals surface area contributed by atoms with Gasteiger partial charge in [0.05, 0.1) is 11.3 Å². The molecule has 0 spiro atoms. The number of aromatic nitrogens is 1. The average molecular weight is 306 g/mol. The molecule has 0 atom stereocenters. The molecule has 3 nitrogen and oxygen atoms in total. The quantitative estimate of drug-likeness (QED) is 0.939. The van der Waals surface area contributed by atoms with E-state index in [1.807, 2.05) is 31.2 Å². The molecule has 1 aromatic carbocycles. The number of carboxylic acid groups (broad SMARTS) is 1. The number of carbonyl (C=O) groups is 1. The molecule has 0 radical (unpaired) electrons. The molecule has 2 aromatic rings. The topological polar surface area (TPSA) is 50.2 Å². The predicted molar refractivity (Wildman–Crippen MR) is 73.7 cm³/mol. The number of pyridine rings is 1. The summed E-state index contributed by atoms with van der Waals surface area (Å²) in [6.45, 7) is 1.90. The fourth-order valence-electron chi connectivity index (χ4n) is 1.76. The summed E-state index contributed by atoms with van der Waals surface area (Å²) in [6.07, 6.45) is 2.33. The molecule has 0 unspecified atom stereocenters. The summed E-state index contributed by atoms with van der Waals surface area (Å²) >= 11 is 3.37. The number of rotatable bonds is 3. The molecule has 92 valence electrons. The third-order valence-corrected chi connectivity index (χ3v) is 3.24. The Bertz CT molecular complexity index is 579. The van der Waals surface area contributed by atoms with Gasteiger partial charge in [-0.25, -0.2) is 4.79 Å². The summed E-state index contributed by atoms with van der Waals surface area (Å²) in [5, 5.41) is 9.16. The standard InChI is InChI=1S/C14H12BrNO2/c1-2-13-12(14(17)18)7-10(8-16-13)9-3-5-11(15)6-4-9/h3-8H,2H2,1H3,(H,17,18). The highest BCUT2D eigenvalue weighted by Crippen LogP contribution is 2.23. The summed E-state index contributed by atoms with van der Waals surface area (Å²) in [4.78, 5) is 15.4. The first-order valence-corrected chi connectivity index (χ1v) is 6.39. The monoisotopic (exact) mass is 305 g/mol. The first kappa shape index (κ1) is 12.8. The van der Waals surface area contributed by atoms with E-state index in [1.165, 1.54) is 0 Å². The molecule has 0 amide bonds. The van der Waals surface area contributed by atoms with Gasteiger partial charge in [0.15, 0.2) is 0 Å². The van der Waals surface area contributed by atoms with Crippen LogP contribution in [0.1, 0.15) is 23.0 Å². The molecule has 2 rings (SSSR count). The van der Waals surface area contributed by atoms with Crippen LogP contribution >= 0.6 is 15.9 Å². The molecular formula is C14H12BrNO2. The van der Waals surface area contributed by atoms with Crippen LogP contribution < -0.4 is 0 Å². The lowest BCUT2D eigenvalue weighted by Crippen LogP contribution is -2.04. The van der Waals surface area contributed by atoms with E-state index in [0.29, 0.717) is 12.1 Å². The first-order chi connectivity index (χ1) is 8.61. The van der Waals surface area contributed by atoms with Gasteiger partial charge in [0.1, 0.15) is 0 Å². The van der Waals surface area contributed by atoms with E-state index in [2.05, 4.69) is 20.9 Å². The van der Waals surface area contributed by atoms with Crippen molar-refractivity contribution in [2.75, 3.05) is 0 Å². The lowest BCUT2D eigenvalue weighted by molar-refractivity contribution is 0.0695. The zero-order chi connectivity index (χ0) is 13.1. The number of halogens is 1. The van der Waals surface area contributed by atoms with Crippen molar-refractivity contribution in [2.45, 2.75) is 13.3 Å². The van der Waals surface area contributed by atoms with Crippen LogP contribution in [-0.2, 0) is 6.42 Å². The maximum atomic E-state index is 11.2. The predicted octanol–water partition coefficient (Wildman–Crippen LogP) is 3.77. The van der Waals surface area contributed by atoms with Gasteiger partial charge in [-0.2, -0.15) is 0 Å². The minimum absolute atomic E-state index is 0.276. The Morgan fingerprint density at radius 3 is 2.50 bits per heavy atom. The van der Waals surface area contributed by atoms with E-state index < -0.39 is 5.97 Å². The van der Waals surface area contributed by atoms with E-state index in [4.69, 9.17) is 5.11 Å². The van der Waals surface area contributed by atoms with Crippen molar-refractivity contribution in [1.29, 1.82) is 0 Å². The van der Waals surface area contributed by atoms with Crippen molar-refractivity contribution < 1.29 is 9.90 Å². The van der Waals surface area contributed by atoms with E-state index in [-0.39, 0.29) is 5.56 Å². The number of aryl methyl sites for hydroxylation is 1. The van der Waals surface area contributed by atoms with Gasteiger partial charge < -0.3 is 5.11 Å². The van der Waals surface area contributed by atoms with Gasteiger partial charge in [-0.15, -0.1) is 0 Å². The Kier molecular flexibility index (Phi) is 3.77. The van der Waals surface area contributed by atoms with Gasteiger partial charge in [-0.3, -0.25) is 4.98 Å². The molecule has 1 heterocycles. The smallest absolute Gasteiger partial charge is 0.337 e. The lowest BCUT2D eigenvalue weighted by Gasteiger charge is -2.06. The molecule has 4 heteroatoms. The maximum absolute atomic E-state index is 11.2. The maximum Gasteiger partial charge on any atom is 0.337 e. The molecule has 1 aromatic heterocycles. The molecule has 1 N–H and O–H groups in total. The van der Waals surface area contributed by atoms with Crippen molar-refractivity contribution in [2.24, 2.45) is 0 Å². The van der Waals surface area contributed by atoms with Crippen LogP contribution in [-0.4, -0.2) is 16.1 Å². The third kappa shape index (κ3) is 2.59. The average Bonchev–Trinajstić information content (AvgIpc) is 2.39. The number of aromatic carboxylic acids is 1. The first-order valence-electron chi connectivity index (χ1n) is 5.60. The van der Waals surface area contributed by atoms with Gasteiger partial charge >= 0.3 is 5.97 Å². The van der Waals surface area contributed by atoms with Gasteiger partial charge in [-0.1, -0.05) is 35.0 Å². The van der Waals surface area contributed by atoms with Crippen LogP contribution in [0.3, 0.4) is 0 Å². The zero-order valence-electron chi connectivity index (χ0n) is 9.85. The van der Waals surface area contributed by atoms with Crippen LogP contribution in [0.2, 0.25) is 0 Å². The summed E-state index contributed by atoms with van der Waals surface area (Å²) in [6, 6.07) is 9.38. The van der Waals surface area contributed by atoms with E-state index >= 15 is 0 Å². The fourth-order valence-corrected chi connectivity index (χ4v) is 2.02. The highest BCUT2D eigenvalue weighted by atomic mass is 79.9. The highest BCUT2D eigenvalue weighted by molar-refractivity contribution is 9.10. The molecule has 0 bridgehead atoms. The third-order valence-electron chi connectivity index (χ3n) is 2.71. The normalized spacial score (nSPS) is 10.3. The van der Waals surface area contributed by atoms with Gasteiger partial charge in [0.2, 0.25) is 0 Å². The molecule has 0 saturated carbocycles. The lowest BCUT2D eigenvalue weighted by atomic mass is 10.0. The number of nitrogens with zero attached hydrogens (tertiary/aromatic N) is 1. The van der Waals surface area contributed by atoms with Gasteiger partial charge in [0, 0.05) is 16.2 Å². The Hall–Kier alpha value is -1.68. The number of hydrogen-bond acceptors (Lipinski definition) is 2. The largest absolute Gasteiger partial charge is 0.478 e. The molecule has 18 heavy (non-hydrogen) atoms.